The van der Waals surface area contributed by atoms with Crippen LogP contribution in [0.15, 0.2) is 4.34 Å². The van der Waals surface area contributed by atoms with Gasteiger partial charge >= 0.3 is 0 Å². The van der Waals surface area contributed by atoms with Crippen LogP contribution in [0.1, 0.15) is 52.4 Å². The Kier molecular flexibility index (Phi) is 3.72. The molecule has 4 fully saturated rings. The summed E-state index contributed by atoms with van der Waals surface area (Å²) >= 11 is 3.20. The number of anilines is 1. The maximum atomic E-state index is 12.9. The van der Waals surface area contributed by atoms with Crippen molar-refractivity contribution in [2.45, 2.75) is 62.0 Å². The normalized spacial score (nSPS) is 36.0. The monoisotopic (exact) mass is 337 g/mol. The number of carbonyl (C=O) groups excluding carboxylic acids is 1. The summed E-state index contributed by atoms with van der Waals surface area (Å²) in [5, 5.41) is 12.6. The highest BCUT2D eigenvalue weighted by Crippen LogP contribution is 2.60. The van der Waals surface area contributed by atoms with E-state index in [0.717, 1.165) is 41.4 Å². The minimum Gasteiger partial charge on any atom is -0.300 e. The molecule has 0 radical (unpaired) electrons. The molecule has 0 unspecified atom stereocenters. The van der Waals surface area contributed by atoms with E-state index < -0.39 is 0 Å². The van der Waals surface area contributed by atoms with Crippen molar-refractivity contribution in [3.63, 3.8) is 0 Å². The lowest BCUT2D eigenvalue weighted by Gasteiger charge is -2.55. The molecule has 0 aromatic carbocycles. The van der Waals surface area contributed by atoms with Crippen LogP contribution >= 0.6 is 23.1 Å². The SMILES string of the molecule is CC(C)Sc1nnc(NC(=O)C23CC4CC(CC(C4)C2)C3)s1. The predicted octanol–water partition coefficient (Wildman–Crippen LogP) is 4.19. The van der Waals surface area contributed by atoms with Crippen LogP contribution in [0.2, 0.25) is 0 Å². The average Bonchev–Trinajstić information content (AvgIpc) is 2.83. The molecule has 0 atom stereocenters. The maximum Gasteiger partial charge on any atom is 0.232 e. The van der Waals surface area contributed by atoms with E-state index in [0.29, 0.717) is 10.4 Å². The summed E-state index contributed by atoms with van der Waals surface area (Å²) < 4.78 is 0.941. The summed E-state index contributed by atoms with van der Waals surface area (Å²) in [4.78, 5) is 12.9. The molecule has 1 N–H and O–H groups in total. The first-order chi connectivity index (χ1) is 10.5. The molecule has 5 rings (SSSR count). The zero-order chi connectivity index (χ0) is 15.3. The summed E-state index contributed by atoms with van der Waals surface area (Å²) in [5.41, 5.74) is -0.105. The Morgan fingerprint density at radius 1 is 1.18 bits per heavy atom. The fraction of sp³-hybridized carbons (Fsp3) is 0.812. The fourth-order valence-corrected chi connectivity index (χ4v) is 7.10. The molecule has 1 aromatic rings. The number of thioether (sulfide) groups is 1. The number of hydrogen-bond acceptors (Lipinski definition) is 5. The summed E-state index contributed by atoms with van der Waals surface area (Å²) in [6, 6.07) is 0. The zero-order valence-electron chi connectivity index (χ0n) is 13.2. The molecule has 22 heavy (non-hydrogen) atoms. The highest BCUT2D eigenvalue weighted by atomic mass is 32.2. The van der Waals surface area contributed by atoms with Crippen LogP contribution in [0.25, 0.3) is 0 Å². The summed E-state index contributed by atoms with van der Waals surface area (Å²) in [6.45, 7) is 4.28. The highest BCUT2D eigenvalue weighted by molar-refractivity contribution is 8.01. The third kappa shape index (κ3) is 2.68. The van der Waals surface area contributed by atoms with Crippen LogP contribution < -0.4 is 5.32 Å². The van der Waals surface area contributed by atoms with Gasteiger partial charge in [0.15, 0.2) is 4.34 Å². The van der Waals surface area contributed by atoms with E-state index in [-0.39, 0.29) is 11.3 Å². The van der Waals surface area contributed by atoms with Gasteiger partial charge in [0.25, 0.3) is 0 Å². The third-order valence-corrected chi connectivity index (χ3v) is 7.41. The van der Waals surface area contributed by atoms with E-state index in [9.17, 15) is 4.79 Å². The minimum absolute atomic E-state index is 0.105. The molecule has 4 bridgehead atoms. The van der Waals surface area contributed by atoms with Crippen LogP contribution in [-0.4, -0.2) is 21.4 Å². The van der Waals surface area contributed by atoms with Gasteiger partial charge in [-0.25, -0.2) is 0 Å². The van der Waals surface area contributed by atoms with Gasteiger partial charge in [-0.2, -0.15) is 0 Å². The Labute approximate surface area is 139 Å². The average molecular weight is 338 g/mol. The number of hydrogen-bond donors (Lipinski definition) is 1. The van der Waals surface area contributed by atoms with E-state index in [1.165, 1.54) is 30.6 Å². The third-order valence-electron chi connectivity index (χ3n) is 5.48. The second kappa shape index (κ2) is 5.48. The van der Waals surface area contributed by atoms with Crippen LogP contribution in [0.4, 0.5) is 5.13 Å². The first-order valence-corrected chi connectivity index (χ1v) is 10.0. The molecule has 1 amide bonds. The van der Waals surface area contributed by atoms with E-state index in [1.54, 1.807) is 11.8 Å². The van der Waals surface area contributed by atoms with Crippen LogP contribution in [0, 0.1) is 23.2 Å². The highest BCUT2D eigenvalue weighted by Gasteiger charge is 2.54. The van der Waals surface area contributed by atoms with Crippen molar-refractivity contribution in [2.75, 3.05) is 5.32 Å². The lowest BCUT2D eigenvalue weighted by molar-refractivity contribution is -0.140. The number of nitrogens with one attached hydrogen (secondary N) is 1. The predicted molar refractivity (Wildman–Crippen MR) is 90.1 cm³/mol. The molecule has 0 spiro atoms. The van der Waals surface area contributed by atoms with E-state index >= 15 is 0 Å². The van der Waals surface area contributed by atoms with Crippen LogP contribution in [0.5, 0.6) is 0 Å². The van der Waals surface area contributed by atoms with Crippen molar-refractivity contribution >= 4 is 34.1 Å². The van der Waals surface area contributed by atoms with E-state index in [4.69, 9.17) is 0 Å². The lowest BCUT2D eigenvalue weighted by atomic mass is 9.49. The Bertz CT molecular complexity index is 548. The summed E-state index contributed by atoms with van der Waals surface area (Å²) in [7, 11) is 0. The Morgan fingerprint density at radius 2 is 1.77 bits per heavy atom. The largest absolute Gasteiger partial charge is 0.300 e. The molecule has 0 saturated heterocycles. The van der Waals surface area contributed by atoms with E-state index in [2.05, 4.69) is 29.4 Å². The molecule has 1 aromatic heterocycles. The second-order valence-corrected chi connectivity index (χ2v) is 10.5. The first kappa shape index (κ1) is 14.9. The van der Waals surface area contributed by atoms with Gasteiger partial charge in [-0.1, -0.05) is 36.9 Å². The first-order valence-electron chi connectivity index (χ1n) is 8.34. The second-order valence-electron chi connectivity index (χ2n) is 7.69. The van der Waals surface area contributed by atoms with Gasteiger partial charge in [-0.3, -0.25) is 4.79 Å². The molecule has 4 aliphatic rings. The van der Waals surface area contributed by atoms with Crippen LogP contribution in [-0.2, 0) is 4.79 Å². The smallest absolute Gasteiger partial charge is 0.232 e. The standard InChI is InChI=1S/C16H23N3OS2/c1-9(2)21-15-19-18-14(22-15)17-13(20)16-6-10-3-11(7-16)5-12(4-10)8-16/h9-12H,3-8H2,1-2H3,(H,17,18,20). The fourth-order valence-electron chi connectivity index (χ4n) is 5.13. The molecule has 4 aliphatic carbocycles. The van der Waals surface area contributed by atoms with Gasteiger partial charge < -0.3 is 5.32 Å². The van der Waals surface area contributed by atoms with Crippen molar-refractivity contribution in [2.24, 2.45) is 23.2 Å². The number of rotatable bonds is 4. The minimum atomic E-state index is -0.105. The quantitative estimate of drug-likeness (QED) is 0.661. The van der Waals surface area contributed by atoms with Gasteiger partial charge in [-0.05, 0) is 56.3 Å². The van der Waals surface area contributed by atoms with Gasteiger partial charge in [-0.15, -0.1) is 10.2 Å². The molecule has 4 nitrogen and oxygen atoms in total. The van der Waals surface area contributed by atoms with Gasteiger partial charge in [0.2, 0.25) is 11.0 Å². The van der Waals surface area contributed by atoms with Gasteiger partial charge in [0, 0.05) is 5.25 Å². The molecular weight excluding hydrogens is 314 g/mol. The van der Waals surface area contributed by atoms with Crippen molar-refractivity contribution in [1.82, 2.24) is 10.2 Å². The molecule has 120 valence electrons. The molecule has 1 heterocycles. The Balaban J connectivity index is 1.47. The summed E-state index contributed by atoms with van der Waals surface area (Å²) in [5.74, 6) is 2.58. The van der Waals surface area contributed by atoms with Crippen molar-refractivity contribution < 1.29 is 4.79 Å². The zero-order valence-corrected chi connectivity index (χ0v) is 14.8. The number of amides is 1. The maximum absolute atomic E-state index is 12.9. The topological polar surface area (TPSA) is 54.9 Å². The molecule has 4 saturated carbocycles. The molecule has 0 aliphatic heterocycles. The van der Waals surface area contributed by atoms with Crippen molar-refractivity contribution in [3.05, 3.63) is 0 Å². The summed E-state index contributed by atoms with van der Waals surface area (Å²) in [6.07, 6.45) is 7.37. The Morgan fingerprint density at radius 3 is 2.32 bits per heavy atom. The lowest BCUT2D eigenvalue weighted by Crippen LogP contribution is -2.51. The molecular formula is C16H23N3OS2. The van der Waals surface area contributed by atoms with Gasteiger partial charge in [0.05, 0.1) is 5.41 Å². The number of carbonyl (C=O) groups is 1. The number of nitrogens with zero attached hydrogens (tertiary/aromatic N) is 2. The number of aromatic nitrogens is 2. The van der Waals surface area contributed by atoms with Gasteiger partial charge in [0.1, 0.15) is 0 Å². The van der Waals surface area contributed by atoms with E-state index in [1.807, 2.05) is 0 Å². The Hall–Kier alpha value is -0.620. The molecule has 6 heteroatoms. The van der Waals surface area contributed by atoms with Crippen LogP contribution in [0.3, 0.4) is 0 Å². The van der Waals surface area contributed by atoms with Crippen molar-refractivity contribution in [1.29, 1.82) is 0 Å². The van der Waals surface area contributed by atoms with Crippen molar-refractivity contribution in [3.8, 4) is 0 Å².